The second-order valence-electron chi connectivity index (χ2n) is 10.4. The Bertz CT molecular complexity index is 1060. The highest BCUT2D eigenvalue weighted by Crippen LogP contribution is 2.47. The molecule has 0 bridgehead atoms. The molecule has 0 aliphatic rings. The van der Waals surface area contributed by atoms with Crippen molar-refractivity contribution in [2.75, 3.05) is 48.6 Å². The minimum Gasteiger partial charge on any atom is -0.493 e. The molecule has 0 N–H and O–H groups in total. The number of rotatable bonds is 12. The molecule has 0 spiro atoms. The Morgan fingerprint density at radius 2 is 1.39 bits per heavy atom. The number of ether oxygens (including phenoxy) is 4. The van der Waals surface area contributed by atoms with Gasteiger partial charge in [-0.25, -0.2) is 0 Å². The van der Waals surface area contributed by atoms with Gasteiger partial charge in [0, 0.05) is 6.42 Å². The first-order chi connectivity index (χ1) is 17.0. The van der Waals surface area contributed by atoms with Crippen LogP contribution in [0.2, 0.25) is 0 Å². The molecule has 4 radical (unpaired) electrons. The number of methoxy groups -OCH3 is 4. The van der Waals surface area contributed by atoms with Crippen LogP contribution in [0.4, 0.5) is 0 Å². The van der Waals surface area contributed by atoms with Crippen molar-refractivity contribution >= 4 is 0 Å². The molecule has 0 aliphatic heterocycles. The standard InChI is InChI=1S/C30H42N2O4/c1-29(2,3)30(22-31-4,24-13-15-26(34-8)28(21-24)36-10)17-11-18-32(5,6)19-16-23-12-14-25(33-7)27(20-23)35-9/h4-5,12-15,20-21H,11,16-19H2,1-3,6-10H3/q+2. The van der Waals surface area contributed by atoms with Gasteiger partial charge < -0.3 is 23.4 Å². The van der Waals surface area contributed by atoms with E-state index in [1.165, 1.54) is 0 Å². The zero-order valence-corrected chi connectivity index (χ0v) is 23.2. The molecule has 2 aromatic rings. The molecule has 2 atom stereocenters. The van der Waals surface area contributed by atoms with E-state index in [0.29, 0.717) is 16.0 Å². The van der Waals surface area contributed by atoms with Crippen LogP contribution in [0.1, 0.15) is 44.7 Å². The molecular formula is C30H42N2O4+2. The van der Waals surface area contributed by atoms with Gasteiger partial charge in [-0.3, -0.25) is 0 Å². The minimum atomic E-state index is -0.537. The lowest BCUT2D eigenvalue weighted by Crippen LogP contribution is -2.43. The lowest BCUT2D eigenvalue weighted by atomic mass is 9.61. The number of quaternary nitrogens is 1. The molecule has 0 fully saturated rings. The molecule has 0 saturated carbocycles. The molecule has 36 heavy (non-hydrogen) atoms. The zero-order valence-electron chi connectivity index (χ0n) is 23.2. The molecule has 0 aliphatic carbocycles. The molecule has 0 heterocycles. The van der Waals surface area contributed by atoms with E-state index in [4.69, 9.17) is 33.0 Å². The van der Waals surface area contributed by atoms with Crippen molar-refractivity contribution in [1.82, 2.24) is 0 Å². The highest BCUT2D eigenvalue weighted by Gasteiger charge is 2.48. The van der Waals surface area contributed by atoms with Crippen LogP contribution in [0, 0.1) is 25.6 Å². The fourth-order valence-electron chi connectivity index (χ4n) is 4.69. The van der Waals surface area contributed by atoms with Gasteiger partial charge in [0.1, 0.15) is 5.41 Å². The maximum absolute atomic E-state index is 6.70. The van der Waals surface area contributed by atoms with E-state index in [2.05, 4.69) is 44.8 Å². The van der Waals surface area contributed by atoms with Gasteiger partial charge in [-0.15, -0.1) is 0 Å². The van der Waals surface area contributed by atoms with Crippen molar-refractivity contribution in [1.29, 1.82) is 0 Å². The summed E-state index contributed by atoms with van der Waals surface area (Å²) >= 11 is 0. The average Bonchev–Trinajstić information content (AvgIpc) is 2.85. The summed E-state index contributed by atoms with van der Waals surface area (Å²) in [6.07, 6.45) is 2.45. The first-order valence-corrected chi connectivity index (χ1v) is 12.2. The lowest BCUT2D eigenvalue weighted by molar-refractivity contribution is -0.866. The van der Waals surface area contributed by atoms with E-state index in [1.807, 2.05) is 30.3 Å². The topological polar surface area (TPSA) is 41.3 Å². The SMILES string of the molecule is [CH][N+]#CC(CCC[N+]([CH])(C)CCc1ccc(OC)c(OC)c1)(c1ccc(OC)c(OC)c1)C(C)(C)C. The fourth-order valence-corrected chi connectivity index (χ4v) is 4.69. The quantitative estimate of drug-likeness (QED) is 0.332. The number of likely N-dealkylation sites (N-methyl/N-ethyl adjacent to an activating group) is 1. The third kappa shape index (κ3) is 6.85. The zero-order chi connectivity index (χ0) is 27.0. The van der Waals surface area contributed by atoms with Gasteiger partial charge in [-0.2, -0.15) is 0 Å². The Kier molecular flexibility index (Phi) is 10.1. The van der Waals surface area contributed by atoms with E-state index in [0.717, 1.165) is 55.0 Å². The largest absolute Gasteiger partial charge is 0.493 e. The van der Waals surface area contributed by atoms with E-state index in [9.17, 15) is 0 Å². The van der Waals surface area contributed by atoms with Crippen LogP contribution in [0.5, 0.6) is 23.0 Å². The Morgan fingerprint density at radius 1 is 0.833 bits per heavy atom. The molecule has 2 rings (SSSR count). The van der Waals surface area contributed by atoms with Crippen LogP contribution in [0.15, 0.2) is 36.4 Å². The Labute approximate surface area is 218 Å². The first kappa shape index (κ1) is 29.3. The third-order valence-electron chi connectivity index (χ3n) is 6.99. The van der Waals surface area contributed by atoms with E-state index >= 15 is 0 Å². The molecule has 194 valence electrons. The molecule has 2 unspecified atom stereocenters. The van der Waals surface area contributed by atoms with Crippen LogP contribution < -0.4 is 18.9 Å². The maximum atomic E-state index is 6.70. The number of nitrogens with zero attached hydrogens (tertiary/aromatic N) is 2. The first-order valence-electron chi connectivity index (χ1n) is 12.2. The summed E-state index contributed by atoms with van der Waals surface area (Å²) in [7, 11) is 21.0. The van der Waals surface area contributed by atoms with Crippen molar-refractivity contribution in [3.8, 4) is 29.1 Å². The fraction of sp³-hybridized carbons (Fsp3) is 0.500. The van der Waals surface area contributed by atoms with Gasteiger partial charge in [0.25, 0.3) is 6.07 Å². The highest BCUT2D eigenvalue weighted by molar-refractivity contribution is 5.48. The van der Waals surface area contributed by atoms with Gasteiger partial charge in [0.2, 0.25) is 7.05 Å². The summed E-state index contributed by atoms with van der Waals surface area (Å²) in [5, 5.41) is 0. The maximum Gasteiger partial charge on any atom is 0.443 e. The normalized spacial score (nSPS) is 13.3. The van der Waals surface area contributed by atoms with Crippen molar-refractivity contribution in [2.45, 2.75) is 45.4 Å². The van der Waals surface area contributed by atoms with Crippen molar-refractivity contribution in [3.05, 3.63) is 66.5 Å². The van der Waals surface area contributed by atoms with Gasteiger partial charge in [-0.05, 0) is 53.6 Å². The van der Waals surface area contributed by atoms with Gasteiger partial charge in [0.15, 0.2) is 23.0 Å². The van der Waals surface area contributed by atoms with Crippen molar-refractivity contribution < 1.29 is 23.4 Å². The molecule has 6 heteroatoms. The molecule has 0 saturated heterocycles. The molecule has 0 amide bonds. The number of hydrogen-bond donors (Lipinski definition) is 0. The lowest BCUT2D eigenvalue weighted by Gasteiger charge is -2.38. The molecule has 2 aromatic carbocycles. The average molecular weight is 495 g/mol. The van der Waals surface area contributed by atoms with Crippen molar-refractivity contribution in [2.24, 2.45) is 5.41 Å². The van der Waals surface area contributed by atoms with Crippen molar-refractivity contribution in [3.63, 3.8) is 0 Å². The smallest absolute Gasteiger partial charge is 0.443 e. The Morgan fingerprint density at radius 3 is 1.92 bits per heavy atom. The second kappa shape index (κ2) is 12.4. The monoisotopic (exact) mass is 494 g/mol. The third-order valence-corrected chi connectivity index (χ3v) is 6.99. The molecule has 6 nitrogen and oxygen atoms in total. The molecular weight excluding hydrogens is 452 g/mol. The van der Waals surface area contributed by atoms with Crippen LogP contribution in [-0.2, 0) is 11.8 Å². The van der Waals surface area contributed by atoms with E-state index in [-0.39, 0.29) is 5.41 Å². The summed E-state index contributed by atoms with van der Waals surface area (Å²) in [5.41, 5.74) is 1.43. The van der Waals surface area contributed by atoms with E-state index < -0.39 is 5.41 Å². The van der Waals surface area contributed by atoms with Crippen LogP contribution in [-0.4, -0.2) is 53.1 Å². The number of benzene rings is 2. The van der Waals surface area contributed by atoms with Crippen LogP contribution >= 0.6 is 0 Å². The van der Waals surface area contributed by atoms with Crippen LogP contribution in [0.3, 0.4) is 0 Å². The summed E-state index contributed by atoms with van der Waals surface area (Å²) < 4.78 is 22.2. The summed E-state index contributed by atoms with van der Waals surface area (Å²) in [5.74, 6) is 2.78. The minimum absolute atomic E-state index is 0.215. The highest BCUT2D eigenvalue weighted by atomic mass is 16.5. The Hall–Kier alpha value is -2.91. The van der Waals surface area contributed by atoms with Gasteiger partial charge in [0.05, 0.1) is 48.6 Å². The summed E-state index contributed by atoms with van der Waals surface area (Å²) in [4.78, 5) is 3.89. The van der Waals surface area contributed by atoms with E-state index in [1.54, 1.807) is 28.4 Å². The molecule has 0 aromatic heterocycles. The van der Waals surface area contributed by atoms with Gasteiger partial charge in [-0.1, -0.05) is 37.7 Å². The predicted octanol–water partition coefficient (Wildman–Crippen LogP) is 6.14. The second-order valence-corrected chi connectivity index (χ2v) is 10.4. The summed E-state index contributed by atoms with van der Waals surface area (Å²) in [6.45, 7) is 8.09. The summed E-state index contributed by atoms with van der Waals surface area (Å²) in [6, 6.07) is 15.2. The van der Waals surface area contributed by atoms with Gasteiger partial charge >= 0.3 is 7.05 Å². The predicted molar refractivity (Wildman–Crippen MR) is 145 cm³/mol. The Balaban J connectivity index is 2.21. The van der Waals surface area contributed by atoms with Crippen LogP contribution in [0.25, 0.3) is 4.85 Å². The number of hydrogen-bond acceptors (Lipinski definition) is 4.